The summed E-state index contributed by atoms with van der Waals surface area (Å²) >= 11 is 1.14. The van der Waals surface area contributed by atoms with Gasteiger partial charge in [0, 0.05) is 11.3 Å². The number of hydrogen-bond acceptors (Lipinski definition) is 7. The molecule has 2 aliphatic heterocycles. The minimum atomic E-state index is -0.754. The highest BCUT2D eigenvalue weighted by Gasteiger charge is 2.35. The maximum Gasteiger partial charge on any atom is 0.338 e. The molecular formula is C25H21N3O5S. The molecule has 1 aromatic heterocycles. The topological polar surface area (TPSA) is 99.0 Å². The molecule has 1 unspecified atom stereocenters. The van der Waals surface area contributed by atoms with Gasteiger partial charge in [-0.2, -0.15) is 0 Å². The van der Waals surface area contributed by atoms with Crippen LogP contribution in [0.1, 0.15) is 31.0 Å². The third kappa shape index (κ3) is 3.36. The van der Waals surface area contributed by atoms with E-state index in [1.54, 1.807) is 57.4 Å². The van der Waals surface area contributed by atoms with Gasteiger partial charge in [-0.25, -0.2) is 9.79 Å². The largest absolute Gasteiger partial charge is 0.497 e. The number of carbonyl (C=O) groups excluding carboxylic acids is 2. The number of para-hydroxylation sites is 1. The van der Waals surface area contributed by atoms with Crippen LogP contribution in [0.3, 0.4) is 0 Å². The maximum atomic E-state index is 13.8. The second kappa shape index (κ2) is 8.42. The van der Waals surface area contributed by atoms with Crippen molar-refractivity contribution in [2.75, 3.05) is 19.0 Å². The Bertz CT molecular complexity index is 1550. The number of carbonyl (C=O) groups is 2. The third-order valence-electron chi connectivity index (χ3n) is 5.82. The van der Waals surface area contributed by atoms with Gasteiger partial charge in [0.15, 0.2) is 4.80 Å². The van der Waals surface area contributed by atoms with Crippen LogP contribution in [0.15, 0.2) is 69.6 Å². The summed E-state index contributed by atoms with van der Waals surface area (Å²) in [6, 6.07) is 13.6. The molecule has 3 heterocycles. The number of amides is 1. The highest BCUT2D eigenvalue weighted by atomic mass is 32.1. The Morgan fingerprint density at radius 3 is 2.59 bits per heavy atom. The van der Waals surface area contributed by atoms with Gasteiger partial charge in [-0.15, -0.1) is 0 Å². The summed E-state index contributed by atoms with van der Waals surface area (Å²) in [7, 11) is 1.57. The lowest BCUT2D eigenvalue weighted by atomic mass is 9.96. The number of hydrogen-bond donors (Lipinski definition) is 1. The van der Waals surface area contributed by atoms with E-state index in [1.807, 2.05) is 12.1 Å². The van der Waals surface area contributed by atoms with E-state index in [2.05, 4.69) is 10.3 Å². The fraction of sp³-hybridized carbons (Fsp3) is 0.200. The van der Waals surface area contributed by atoms with Gasteiger partial charge in [-0.05, 0) is 37.6 Å². The van der Waals surface area contributed by atoms with E-state index in [4.69, 9.17) is 9.47 Å². The van der Waals surface area contributed by atoms with E-state index < -0.39 is 12.0 Å². The molecule has 0 fully saturated rings. The zero-order chi connectivity index (χ0) is 24.0. The number of fused-ring (bicyclic) bond motifs is 2. The zero-order valence-electron chi connectivity index (χ0n) is 18.7. The lowest BCUT2D eigenvalue weighted by Crippen LogP contribution is -2.40. The molecule has 3 aromatic rings. The summed E-state index contributed by atoms with van der Waals surface area (Å²) < 4.78 is 12.3. The molecule has 1 amide bonds. The van der Waals surface area contributed by atoms with Gasteiger partial charge in [-0.1, -0.05) is 41.7 Å². The highest BCUT2D eigenvalue weighted by Crippen LogP contribution is 2.32. The summed E-state index contributed by atoms with van der Waals surface area (Å²) in [5.74, 6) is -0.226. The molecule has 172 valence electrons. The van der Waals surface area contributed by atoms with Crippen molar-refractivity contribution < 1.29 is 19.1 Å². The van der Waals surface area contributed by atoms with Crippen LogP contribution in [0.2, 0.25) is 0 Å². The molecule has 0 bridgehead atoms. The van der Waals surface area contributed by atoms with Crippen LogP contribution in [0, 0.1) is 0 Å². The van der Waals surface area contributed by atoms with Crippen molar-refractivity contribution in [1.82, 2.24) is 4.57 Å². The van der Waals surface area contributed by atoms with Crippen LogP contribution in [-0.2, 0) is 14.3 Å². The van der Waals surface area contributed by atoms with Crippen molar-refractivity contribution in [3.05, 3.63) is 90.6 Å². The third-order valence-corrected chi connectivity index (χ3v) is 6.88. The van der Waals surface area contributed by atoms with E-state index in [9.17, 15) is 14.4 Å². The average molecular weight is 476 g/mol. The maximum absolute atomic E-state index is 13.8. The monoisotopic (exact) mass is 475 g/mol. The Morgan fingerprint density at radius 2 is 1.88 bits per heavy atom. The predicted molar refractivity (Wildman–Crippen MR) is 127 cm³/mol. The quantitative estimate of drug-likeness (QED) is 0.583. The van der Waals surface area contributed by atoms with E-state index in [-0.39, 0.29) is 28.2 Å². The van der Waals surface area contributed by atoms with E-state index >= 15 is 0 Å². The van der Waals surface area contributed by atoms with Gasteiger partial charge in [-0.3, -0.25) is 14.2 Å². The molecule has 5 rings (SSSR count). The Kier molecular flexibility index (Phi) is 5.41. The van der Waals surface area contributed by atoms with Crippen LogP contribution in [0.5, 0.6) is 5.75 Å². The number of methoxy groups -OCH3 is 1. The summed E-state index contributed by atoms with van der Waals surface area (Å²) in [4.78, 5) is 44.6. The summed E-state index contributed by atoms with van der Waals surface area (Å²) in [5, 5.41) is 2.82. The Labute approximate surface area is 198 Å². The van der Waals surface area contributed by atoms with Crippen molar-refractivity contribution in [2.45, 2.75) is 19.9 Å². The number of anilines is 1. The number of ether oxygens (including phenoxy) is 2. The Balaban J connectivity index is 1.80. The molecule has 2 aliphatic rings. The normalized spacial score (nSPS) is 18.1. The molecule has 34 heavy (non-hydrogen) atoms. The number of allylic oxidation sites excluding steroid dienone is 1. The van der Waals surface area contributed by atoms with Crippen LogP contribution in [0.4, 0.5) is 5.69 Å². The molecule has 0 saturated heterocycles. The van der Waals surface area contributed by atoms with Crippen molar-refractivity contribution in [3.63, 3.8) is 0 Å². The number of nitrogens with one attached hydrogen (secondary N) is 1. The smallest absolute Gasteiger partial charge is 0.338 e. The lowest BCUT2D eigenvalue weighted by molar-refractivity contribution is -0.139. The molecule has 0 saturated carbocycles. The molecule has 1 N–H and O–H groups in total. The van der Waals surface area contributed by atoms with Gasteiger partial charge >= 0.3 is 5.97 Å². The lowest BCUT2D eigenvalue weighted by Gasteiger charge is -2.24. The molecule has 0 spiro atoms. The van der Waals surface area contributed by atoms with Gasteiger partial charge < -0.3 is 14.8 Å². The molecule has 9 heteroatoms. The first-order valence-electron chi connectivity index (χ1n) is 10.7. The number of aromatic nitrogens is 1. The molecule has 0 radical (unpaired) electrons. The fourth-order valence-electron chi connectivity index (χ4n) is 4.29. The zero-order valence-corrected chi connectivity index (χ0v) is 19.6. The summed E-state index contributed by atoms with van der Waals surface area (Å²) in [5.41, 5.74) is 2.70. The predicted octanol–water partition coefficient (Wildman–Crippen LogP) is 2.13. The molecule has 2 aromatic carbocycles. The van der Waals surface area contributed by atoms with Crippen molar-refractivity contribution in [3.8, 4) is 5.75 Å². The standard InChI is InChI=1S/C25H21N3O5S/c1-4-33-24(31)18-13(2)26-25-28(20(18)14-9-11-15(32-3)12-10-14)23(30)21(34-25)19-16-7-5-6-8-17(16)27-22(19)29/h5-12,20H,4H2,1-3H3,(H,27,29)/b21-19+. The first kappa shape index (κ1) is 21.8. The molecule has 8 nitrogen and oxygen atoms in total. The second-order valence-corrected chi connectivity index (χ2v) is 8.75. The van der Waals surface area contributed by atoms with E-state index in [0.29, 0.717) is 38.6 Å². The Hall–Kier alpha value is -3.98. The van der Waals surface area contributed by atoms with Crippen molar-refractivity contribution in [1.29, 1.82) is 0 Å². The van der Waals surface area contributed by atoms with Gasteiger partial charge in [0.2, 0.25) is 0 Å². The minimum absolute atomic E-state index is 0.191. The van der Waals surface area contributed by atoms with Crippen molar-refractivity contribution >= 4 is 34.5 Å². The molecular weight excluding hydrogens is 454 g/mol. The van der Waals surface area contributed by atoms with E-state index in [1.165, 1.54) is 4.57 Å². The average Bonchev–Trinajstić information content (AvgIpc) is 3.33. The number of thiazole rings is 1. The van der Waals surface area contributed by atoms with Crippen LogP contribution in [-0.4, -0.2) is 30.2 Å². The fourth-order valence-corrected chi connectivity index (χ4v) is 5.43. The molecule has 0 aliphatic carbocycles. The van der Waals surface area contributed by atoms with Gasteiger partial charge in [0.25, 0.3) is 11.5 Å². The summed E-state index contributed by atoms with van der Waals surface area (Å²) in [6.45, 7) is 3.64. The SMILES string of the molecule is CCOC(=O)C1=C(C)N=c2s/c(=C3/C(=O)Nc4ccccc43)c(=O)n2C1c1ccc(OC)cc1. The number of rotatable bonds is 4. The van der Waals surface area contributed by atoms with Gasteiger partial charge in [0.1, 0.15) is 10.3 Å². The van der Waals surface area contributed by atoms with Gasteiger partial charge in [0.05, 0.1) is 36.6 Å². The minimum Gasteiger partial charge on any atom is -0.497 e. The van der Waals surface area contributed by atoms with Crippen LogP contribution in [0.25, 0.3) is 5.57 Å². The van der Waals surface area contributed by atoms with E-state index in [0.717, 1.165) is 11.3 Å². The van der Waals surface area contributed by atoms with Crippen LogP contribution >= 0.6 is 11.3 Å². The number of nitrogens with zero attached hydrogens (tertiary/aromatic N) is 2. The summed E-state index contributed by atoms with van der Waals surface area (Å²) in [6.07, 6.45) is 0. The second-order valence-electron chi connectivity index (χ2n) is 7.77. The Morgan fingerprint density at radius 1 is 1.15 bits per heavy atom. The van der Waals surface area contributed by atoms with Crippen molar-refractivity contribution in [2.24, 2.45) is 4.99 Å². The first-order chi connectivity index (χ1) is 16.4. The first-order valence-corrected chi connectivity index (χ1v) is 11.5. The molecule has 1 atom stereocenters. The number of benzene rings is 2. The highest BCUT2D eigenvalue weighted by molar-refractivity contribution is 7.07. The van der Waals surface area contributed by atoms with Crippen LogP contribution < -0.4 is 24.9 Å². The number of esters is 1.